The number of hydrogen-bond donors (Lipinski definition) is 1. The summed E-state index contributed by atoms with van der Waals surface area (Å²) in [7, 11) is -3.87. The highest BCUT2D eigenvalue weighted by atomic mass is 32.2. The minimum atomic E-state index is -3.87. The van der Waals surface area contributed by atoms with Gasteiger partial charge in [0.15, 0.2) is 10.7 Å². The third-order valence-corrected chi connectivity index (χ3v) is 8.18. The summed E-state index contributed by atoms with van der Waals surface area (Å²) in [6, 6.07) is 7.53. The van der Waals surface area contributed by atoms with Crippen LogP contribution < -0.4 is 5.32 Å². The van der Waals surface area contributed by atoms with Crippen LogP contribution in [0.15, 0.2) is 51.5 Å². The van der Waals surface area contributed by atoms with Crippen LogP contribution in [0.1, 0.15) is 34.7 Å². The number of aromatic nitrogens is 2. The normalized spacial score (nSPS) is 17.6. The van der Waals surface area contributed by atoms with Crippen LogP contribution in [-0.2, 0) is 21.4 Å². The van der Waals surface area contributed by atoms with Gasteiger partial charge in [0.05, 0.1) is 5.92 Å². The second-order valence-corrected chi connectivity index (χ2v) is 10.4. The third-order valence-electron chi connectivity index (χ3n) is 5.32. The Labute approximate surface area is 191 Å². The summed E-state index contributed by atoms with van der Waals surface area (Å²) in [4.78, 5) is 17.8. The molecular formula is C22H24N4O4S2. The van der Waals surface area contributed by atoms with E-state index in [-0.39, 0.29) is 23.1 Å². The first kappa shape index (κ1) is 22.4. The highest BCUT2D eigenvalue weighted by Gasteiger charge is 2.36. The van der Waals surface area contributed by atoms with E-state index in [1.54, 1.807) is 31.5 Å². The van der Waals surface area contributed by atoms with Gasteiger partial charge in [-0.25, -0.2) is 8.42 Å². The first-order valence-corrected chi connectivity index (χ1v) is 12.6. The largest absolute Gasteiger partial charge is 0.355 e. The van der Waals surface area contributed by atoms with Gasteiger partial charge in [0.2, 0.25) is 15.9 Å². The molecule has 4 heterocycles. The van der Waals surface area contributed by atoms with Crippen molar-refractivity contribution in [2.45, 2.75) is 31.2 Å². The average molecular weight is 473 g/mol. The van der Waals surface area contributed by atoms with Crippen LogP contribution in [0.4, 0.5) is 0 Å². The second kappa shape index (κ2) is 9.76. The van der Waals surface area contributed by atoms with Crippen molar-refractivity contribution in [3.05, 3.63) is 63.9 Å². The average Bonchev–Trinajstić information content (AvgIpc) is 3.46. The molecule has 1 aliphatic rings. The van der Waals surface area contributed by atoms with Gasteiger partial charge < -0.3 is 9.84 Å². The first-order chi connectivity index (χ1) is 15.4. The molecule has 168 valence electrons. The fourth-order valence-electron chi connectivity index (χ4n) is 3.68. The topological polar surface area (TPSA) is 105 Å². The molecule has 3 aromatic rings. The molecule has 4 rings (SSSR count). The molecule has 0 radical (unpaired) electrons. The molecule has 0 bridgehead atoms. The van der Waals surface area contributed by atoms with Gasteiger partial charge in [0, 0.05) is 36.9 Å². The smallest absolute Gasteiger partial charge is 0.248 e. The summed E-state index contributed by atoms with van der Waals surface area (Å²) in [6.45, 7) is 2.45. The molecule has 10 heteroatoms. The number of rotatable bonds is 7. The van der Waals surface area contributed by atoms with Crippen molar-refractivity contribution in [2.24, 2.45) is 5.92 Å². The molecule has 0 aromatic carbocycles. The molecule has 1 fully saturated rings. The number of thiophene rings is 1. The van der Waals surface area contributed by atoms with Crippen molar-refractivity contribution in [1.29, 1.82) is 0 Å². The summed E-state index contributed by atoms with van der Waals surface area (Å²) >= 11 is 1.54. The zero-order valence-electron chi connectivity index (χ0n) is 17.6. The SMILES string of the molecule is Cc1noc(C=Cc2cccs2)c1S(=O)(=O)N1CCCC(C(=O)NCc2cccnc2)C1. The van der Waals surface area contributed by atoms with Gasteiger partial charge >= 0.3 is 0 Å². The lowest BCUT2D eigenvalue weighted by Gasteiger charge is -2.31. The van der Waals surface area contributed by atoms with E-state index in [2.05, 4.69) is 15.5 Å². The lowest BCUT2D eigenvalue weighted by atomic mass is 9.99. The number of carbonyl (C=O) groups is 1. The number of amides is 1. The Morgan fingerprint density at radius 3 is 2.97 bits per heavy atom. The van der Waals surface area contributed by atoms with Crippen molar-refractivity contribution >= 4 is 39.4 Å². The first-order valence-electron chi connectivity index (χ1n) is 10.3. The van der Waals surface area contributed by atoms with Crippen LogP contribution in [0.25, 0.3) is 12.2 Å². The van der Waals surface area contributed by atoms with Crippen LogP contribution in [0, 0.1) is 12.8 Å². The Hall–Kier alpha value is -2.82. The van der Waals surface area contributed by atoms with Crippen LogP contribution >= 0.6 is 11.3 Å². The summed E-state index contributed by atoms with van der Waals surface area (Å²) in [5, 5.41) is 8.71. The summed E-state index contributed by atoms with van der Waals surface area (Å²) in [5.41, 5.74) is 1.20. The van der Waals surface area contributed by atoms with Gasteiger partial charge in [-0.05, 0) is 55.0 Å². The molecule has 1 unspecified atom stereocenters. The number of aryl methyl sites for hydroxylation is 1. The van der Waals surface area contributed by atoms with E-state index >= 15 is 0 Å². The van der Waals surface area contributed by atoms with E-state index in [1.807, 2.05) is 29.6 Å². The van der Waals surface area contributed by atoms with Gasteiger partial charge in [0.1, 0.15) is 5.69 Å². The van der Waals surface area contributed by atoms with Crippen molar-refractivity contribution in [1.82, 2.24) is 19.8 Å². The minimum Gasteiger partial charge on any atom is -0.355 e. The van der Waals surface area contributed by atoms with Crippen LogP contribution in [0.5, 0.6) is 0 Å². The number of hydrogen-bond acceptors (Lipinski definition) is 7. The van der Waals surface area contributed by atoms with E-state index in [4.69, 9.17) is 4.52 Å². The lowest BCUT2D eigenvalue weighted by Crippen LogP contribution is -2.45. The number of carbonyl (C=O) groups excluding carboxylic acids is 1. The Kier molecular flexibility index (Phi) is 6.83. The summed E-state index contributed by atoms with van der Waals surface area (Å²) in [5.74, 6) is -0.381. The predicted molar refractivity (Wildman–Crippen MR) is 122 cm³/mol. The number of pyridine rings is 1. The van der Waals surface area contributed by atoms with E-state index < -0.39 is 15.9 Å². The van der Waals surface area contributed by atoms with E-state index in [0.717, 1.165) is 10.4 Å². The summed E-state index contributed by atoms with van der Waals surface area (Å²) in [6.07, 6.45) is 8.03. The molecule has 1 atom stereocenters. The van der Waals surface area contributed by atoms with Gasteiger partial charge in [-0.3, -0.25) is 9.78 Å². The molecule has 1 saturated heterocycles. The molecule has 1 amide bonds. The minimum absolute atomic E-state index is 0.0572. The highest BCUT2D eigenvalue weighted by Crippen LogP contribution is 2.29. The Morgan fingerprint density at radius 1 is 1.34 bits per heavy atom. The van der Waals surface area contributed by atoms with Crippen molar-refractivity contribution < 1.29 is 17.7 Å². The van der Waals surface area contributed by atoms with E-state index in [9.17, 15) is 13.2 Å². The fraction of sp³-hybridized carbons (Fsp3) is 0.318. The molecule has 0 spiro atoms. The number of nitrogens with one attached hydrogen (secondary N) is 1. The van der Waals surface area contributed by atoms with Gasteiger partial charge in [0.25, 0.3) is 0 Å². The number of sulfonamides is 1. The maximum atomic E-state index is 13.5. The Balaban J connectivity index is 1.48. The quantitative estimate of drug-likeness (QED) is 0.565. The van der Waals surface area contributed by atoms with Gasteiger partial charge in [-0.1, -0.05) is 17.3 Å². The zero-order chi connectivity index (χ0) is 22.6. The summed E-state index contributed by atoms with van der Waals surface area (Å²) < 4.78 is 33.6. The monoisotopic (exact) mass is 472 g/mol. The molecule has 1 N–H and O–H groups in total. The van der Waals surface area contributed by atoms with Crippen molar-refractivity contribution in [3.8, 4) is 0 Å². The Morgan fingerprint density at radius 2 is 2.22 bits per heavy atom. The third kappa shape index (κ3) is 4.98. The molecule has 32 heavy (non-hydrogen) atoms. The molecule has 1 aliphatic heterocycles. The van der Waals surface area contributed by atoms with Gasteiger partial charge in [-0.15, -0.1) is 11.3 Å². The second-order valence-electron chi connectivity index (χ2n) is 7.59. The van der Waals surface area contributed by atoms with Crippen LogP contribution in [-0.4, -0.2) is 41.9 Å². The maximum absolute atomic E-state index is 13.5. The van der Waals surface area contributed by atoms with Crippen molar-refractivity contribution in [3.63, 3.8) is 0 Å². The lowest BCUT2D eigenvalue weighted by molar-refractivity contribution is -0.126. The predicted octanol–water partition coefficient (Wildman–Crippen LogP) is 3.33. The van der Waals surface area contributed by atoms with Crippen LogP contribution in [0.3, 0.4) is 0 Å². The Bertz CT molecular complexity index is 1190. The zero-order valence-corrected chi connectivity index (χ0v) is 19.2. The van der Waals surface area contributed by atoms with Crippen LogP contribution in [0.2, 0.25) is 0 Å². The highest BCUT2D eigenvalue weighted by molar-refractivity contribution is 7.89. The van der Waals surface area contributed by atoms with Crippen molar-refractivity contribution in [2.75, 3.05) is 13.1 Å². The number of piperidine rings is 1. The molecule has 3 aromatic heterocycles. The molecular weight excluding hydrogens is 448 g/mol. The maximum Gasteiger partial charge on any atom is 0.248 e. The van der Waals surface area contributed by atoms with E-state index in [0.29, 0.717) is 31.6 Å². The molecule has 8 nitrogen and oxygen atoms in total. The fourth-order valence-corrected chi connectivity index (χ4v) is 6.07. The molecule has 0 aliphatic carbocycles. The standard InChI is InChI=1S/C22H24N4O4S2/c1-16-21(20(30-25-16)9-8-19-7-4-12-31-19)32(28,29)26-11-3-6-18(15-26)22(27)24-14-17-5-2-10-23-13-17/h2,4-5,7-10,12-13,18H,3,6,11,14-15H2,1H3,(H,24,27). The van der Waals surface area contributed by atoms with E-state index in [1.165, 1.54) is 15.6 Å². The van der Waals surface area contributed by atoms with Gasteiger partial charge in [-0.2, -0.15) is 4.31 Å². The molecule has 0 saturated carbocycles. The number of nitrogens with zero attached hydrogens (tertiary/aromatic N) is 3.